The van der Waals surface area contributed by atoms with Crippen LogP contribution in [-0.4, -0.2) is 36.6 Å². The molecule has 0 aliphatic carbocycles. The first-order valence-corrected chi connectivity index (χ1v) is 11.2. The second-order valence-corrected chi connectivity index (χ2v) is 9.01. The Morgan fingerprint density at radius 2 is 1.75 bits per heavy atom. The van der Waals surface area contributed by atoms with Gasteiger partial charge in [0.15, 0.2) is 6.10 Å². The zero-order valence-electron chi connectivity index (χ0n) is 15.8. The minimum atomic E-state index is -0.929. The third kappa shape index (κ3) is 5.23. The van der Waals surface area contributed by atoms with Gasteiger partial charge in [-0.15, -0.1) is 23.5 Å². The lowest BCUT2D eigenvalue weighted by Crippen LogP contribution is -2.30. The molecule has 0 aromatic heterocycles. The van der Waals surface area contributed by atoms with Gasteiger partial charge < -0.3 is 14.8 Å². The van der Waals surface area contributed by atoms with E-state index in [0.717, 1.165) is 0 Å². The Morgan fingerprint density at radius 3 is 2.43 bits per heavy atom. The van der Waals surface area contributed by atoms with Gasteiger partial charge in [-0.05, 0) is 54.7 Å². The maximum absolute atomic E-state index is 12.4. The summed E-state index contributed by atoms with van der Waals surface area (Å²) in [5.41, 5.74) is 2.17. The quantitative estimate of drug-likeness (QED) is 0.685. The highest BCUT2D eigenvalue weighted by Crippen LogP contribution is 2.43. The summed E-state index contributed by atoms with van der Waals surface area (Å²) in [5, 5.41) is 2.72. The summed E-state index contributed by atoms with van der Waals surface area (Å²) in [5.74, 6) is 1.95. The minimum absolute atomic E-state index is 0.413. The molecular weight excluding hydrogens is 394 g/mol. The van der Waals surface area contributed by atoms with Crippen molar-refractivity contribution >= 4 is 41.1 Å². The van der Waals surface area contributed by atoms with Crippen LogP contribution in [0, 0.1) is 0 Å². The van der Waals surface area contributed by atoms with Crippen molar-refractivity contribution in [2.45, 2.75) is 24.0 Å². The smallest absolute Gasteiger partial charge is 0.338 e. The molecular formula is C21H23NO4S2. The van der Waals surface area contributed by atoms with Crippen LogP contribution in [0.25, 0.3) is 0 Å². The fraction of sp³-hybridized carbons (Fsp3) is 0.333. The number of para-hydroxylation sites is 2. The highest BCUT2D eigenvalue weighted by atomic mass is 32.2. The topological polar surface area (TPSA) is 64.6 Å². The predicted octanol–water partition coefficient (Wildman–Crippen LogP) is 4.75. The molecule has 148 valence electrons. The first-order valence-electron chi connectivity index (χ1n) is 9.06. The SMILES string of the molecule is COc1ccccc1NC(=O)[C@H](C)OC(=O)c1ccc(C2SCCCS2)cc1. The van der Waals surface area contributed by atoms with E-state index in [4.69, 9.17) is 9.47 Å². The van der Waals surface area contributed by atoms with E-state index in [2.05, 4.69) is 5.32 Å². The van der Waals surface area contributed by atoms with Gasteiger partial charge in [0.25, 0.3) is 5.91 Å². The number of carbonyl (C=O) groups is 2. The van der Waals surface area contributed by atoms with E-state index in [1.165, 1.54) is 30.6 Å². The molecule has 1 atom stereocenters. The van der Waals surface area contributed by atoms with E-state index in [1.54, 1.807) is 37.3 Å². The van der Waals surface area contributed by atoms with Gasteiger partial charge >= 0.3 is 5.97 Å². The van der Waals surface area contributed by atoms with Crippen molar-refractivity contribution in [2.75, 3.05) is 23.9 Å². The summed E-state index contributed by atoms with van der Waals surface area (Å²) in [6, 6.07) is 14.5. The molecule has 1 N–H and O–H groups in total. The number of thioether (sulfide) groups is 2. The van der Waals surface area contributed by atoms with Crippen molar-refractivity contribution < 1.29 is 19.1 Å². The van der Waals surface area contributed by atoms with Crippen molar-refractivity contribution in [2.24, 2.45) is 0 Å². The molecule has 28 heavy (non-hydrogen) atoms. The number of methoxy groups -OCH3 is 1. The number of carbonyl (C=O) groups excluding carboxylic acids is 2. The van der Waals surface area contributed by atoms with Gasteiger partial charge in [-0.3, -0.25) is 4.79 Å². The number of benzene rings is 2. The highest BCUT2D eigenvalue weighted by Gasteiger charge is 2.21. The van der Waals surface area contributed by atoms with Crippen LogP contribution in [0.4, 0.5) is 5.69 Å². The molecule has 0 radical (unpaired) electrons. The summed E-state index contributed by atoms with van der Waals surface area (Å²) < 4.78 is 11.0. The highest BCUT2D eigenvalue weighted by molar-refractivity contribution is 8.16. The Labute approximate surface area is 173 Å². The second kappa shape index (κ2) is 9.89. The van der Waals surface area contributed by atoms with Crippen molar-refractivity contribution in [3.63, 3.8) is 0 Å². The fourth-order valence-electron chi connectivity index (χ4n) is 2.72. The molecule has 1 saturated heterocycles. The number of anilines is 1. The average molecular weight is 418 g/mol. The van der Waals surface area contributed by atoms with E-state index < -0.39 is 18.0 Å². The first-order chi connectivity index (χ1) is 13.6. The molecule has 1 aliphatic heterocycles. The normalized spacial score (nSPS) is 15.5. The lowest BCUT2D eigenvalue weighted by Gasteiger charge is -2.21. The molecule has 0 saturated carbocycles. The van der Waals surface area contributed by atoms with Crippen LogP contribution in [0.1, 0.15) is 33.8 Å². The van der Waals surface area contributed by atoms with Crippen molar-refractivity contribution in [1.82, 2.24) is 0 Å². The second-order valence-electron chi connectivity index (χ2n) is 6.29. The van der Waals surface area contributed by atoms with Crippen LogP contribution in [0.5, 0.6) is 5.75 Å². The van der Waals surface area contributed by atoms with E-state index in [0.29, 0.717) is 21.6 Å². The van der Waals surface area contributed by atoms with Gasteiger partial charge in [0.1, 0.15) is 5.75 Å². The standard InChI is InChI=1S/C21H23NO4S2/c1-14(19(23)22-17-6-3-4-7-18(17)25-2)26-20(24)15-8-10-16(11-9-15)21-27-12-5-13-28-21/h3-4,6-11,14,21H,5,12-13H2,1-2H3,(H,22,23)/t14-/m0/s1. The zero-order valence-corrected chi connectivity index (χ0v) is 17.5. The average Bonchev–Trinajstić information content (AvgIpc) is 2.74. The van der Waals surface area contributed by atoms with E-state index in [9.17, 15) is 9.59 Å². The molecule has 0 spiro atoms. The Balaban J connectivity index is 1.58. The van der Waals surface area contributed by atoms with E-state index in [-0.39, 0.29) is 0 Å². The third-order valence-corrected chi connectivity index (χ3v) is 7.28. The van der Waals surface area contributed by atoms with Crippen LogP contribution in [0.2, 0.25) is 0 Å². The molecule has 1 heterocycles. The maximum Gasteiger partial charge on any atom is 0.338 e. The van der Waals surface area contributed by atoms with Gasteiger partial charge in [0.2, 0.25) is 0 Å². The summed E-state index contributed by atoms with van der Waals surface area (Å²) in [4.78, 5) is 24.7. The lowest BCUT2D eigenvalue weighted by molar-refractivity contribution is -0.123. The number of nitrogens with one attached hydrogen (secondary N) is 1. The Hall–Kier alpha value is -2.12. The number of rotatable bonds is 6. The van der Waals surface area contributed by atoms with Gasteiger partial charge in [0.05, 0.1) is 22.9 Å². The van der Waals surface area contributed by atoms with Crippen LogP contribution in [0.15, 0.2) is 48.5 Å². The van der Waals surface area contributed by atoms with Crippen LogP contribution in [0.3, 0.4) is 0 Å². The van der Waals surface area contributed by atoms with Gasteiger partial charge in [0, 0.05) is 0 Å². The Kier molecular flexibility index (Phi) is 7.28. The molecule has 0 bridgehead atoms. The molecule has 0 unspecified atom stereocenters. The number of hydrogen-bond acceptors (Lipinski definition) is 6. The molecule has 2 aromatic carbocycles. The lowest BCUT2D eigenvalue weighted by atomic mass is 10.1. The van der Waals surface area contributed by atoms with Gasteiger partial charge in [-0.1, -0.05) is 24.3 Å². The summed E-state index contributed by atoms with van der Waals surface area (Å²) >= 11 is 3.87. The molecule has 7 heteroatoms. The van der Waals surface area contributed by atoms with Crippen LogP contribution < -0.4 is 10.1 Å². The maximum atomic E-state index is 12.4. The molecule has 1 aliphatic rings. The van der Waals surface area contributed by atoms with Crippen molar-refractivity contribution in [3.8, 4) is 5.75 Å². The first kappa shape index (κ1) is 20.6. The Morgan fingerprint density at radius 1 is 1.07 bits per heavy atom. The number of amides is 1. The minimum Gasteiger partial charge on any atom is -0.495 e. The van der Waals surface area contributed by atoms with Gasteiger partial charge in [-0.25, -0.2) is 4.79 Å². The molecule has 1 amide bonds. The number of esters is 1. The number of ether oxygens (including phenoxy) is 2. The van der Waals surface area contributed by atoms with E-state index >= 15 is 0 Å². The summed E-state index contributed by atoms with van der Waals surface area (Å²) in [6.45, 7) is 1.55. The van der Waals surface area contributed by atoms with Crippen molar-refractivity contribution in [3.05, 3.63) is 59.7 Å². The Bertz CT molecular complexity index is 819. The van der Waals surface area contributed by atoms with Crippen LogP contribution >= 0.6 is 23.5 Å². The fourth-order valence-corrected chi connectivity index (χ4v) is 5.62. The molecule has 3 rings (SSSR count). The third-order valence-electron chi connectivity index (χ3n) is 4.26. The largest absolute Gasteiger partial charge is 0.495 e. The monoisotopic (exact) mass is 417 g/mol. The van der Waals surface area contributed by atoms with Gasteiger partial charge in [-0.2, -0.15) is 0 Å². The molecule has 5 nitrogen and oxygen atoms in total. The van der Waals surface area contributed by atoms with Crippen LogP contribution in [-0.2, 0) is 9.53 Å². The van der Waals surface area contributed by atoms with E-state index in [1.807, 2.05) is 41.7 Å². The predicted molar refractivity (Wildman–Crippen MR) is 115 cm³/mol. The zero-order chi connectivity index (χ0) is 19.9. The summed E-state index contributed by atoms with van der Waals surface area (Å²) in [7, 11) is 1.53. The van der Waals surface area contributed by atoms with Crippen molar-refractivity contribution in [1.29, 1.82) is 0 Å². The number of hydrogen-bond donors (Lipinski definition) is 1. The molecule has 1 fully saturated rings. The summed E-state index contributed by atoms with van der Waals surface area (Å²) in [6.07, 6.45) is 0.312. The molecule has 2 aromatic rings.